The van der Waals surface area contributed by atoms with Crippen LogP contribution in [0, 0.1) is 18.8 Å². The second-order valence-corrected chi connectivity index (χ2v) is 5.86. The highest BCUT2D eigenvalue weighted by Gasteiger charge is 2.42. The maximum absolute atomic E-state index is 11.6. The van der Waals surface area contributed by atoms with Gasteiger partial charge in [-0.05, 0) is 25.7 Å². The normalized spacial score (nSPS) is 29.3. The average molecular weight is 275 g/mol. The summed E-state index contributed by atoms with van der Waals surface area (Å²) in [6.07, 6.45) is 1.83. The number of hydrogen-bond acceptors (Lipinski definition) is 5. The van der Waals surface area contributed by atoms with E-state index in [1.165, 1.54) is 4.40 Å². The highest BCUT2D eigenvalue weighted by molar-refractivity contribution is 5.52. The van der Waals surface area contributed by atoms with Gasteiger partial charge in [0.05, 0.1) is 6.10 Å². The van der Waals surface area contributed by atoms with E-state index in [1.54, 1.807) is 6.92 Å². The molecule has 2 fully saturated rings. The number of hydrogen-bond donors (Lipinski definition) is 2. The van der Waals surface area contributed by atoms with E-state index in [2.05, 4.69) is 20.1 Å². The van der Waals surface area contributed by atoms with Gasteiger partial charge in [0.15, 0.2) is 5.65 Å². The molecule has 4 rings (SSSR count). The molecule has 3 heterocycles. The van der Waals surface area contributed by atoms with Gasteiger partial charge in [-0.15, -0.1) is 0 Å². The van der Waals surface area contributed by atoms with Crippen molar-refractivity contribution in [3.63, 3.8) is 0 Å². The Bertz CT molecular complexity index is 721. The number of nitrogens with one attached hydrogen (secondary N) is 1. The lowest BCUT2D eigenvalue weighted by Crippen LogP contribution is -2.26. The van der Waals surface area contributed by atoms with Crippen LogP contribution in [0.15, 0.2) is 10.9 Å². The Balaban J connectivity index is 1.71. The molecule has 0 aromatic carbocycles. The molecule has 2 N–H and O–H groups in total. The Morgan fingerprint density at radius 1 is 1.40 bits per heavy atom. The lowest BCUT2D eigenvalue weighted by atomic mass is 10.00. The molecule has 1 aliphatic heterocycles. The number of aliphatic hydroxyl groups is 1. The van der Waals surface area contributed by atoms with Gasteiger partial charge < -0.3 is 10.0 Å². The number of aryl methyl sites for hydroxylation is 1. The monoisotopic (exact) mass is 275 g/mol. The molecular formula is C13H17N5O2. The van der Waals surface area contributed by atoms with Gasteiger partial charge in [-0.2, -0.15) is 5.10 Å². The van der Waals surface area contributed by atoms with Gasteiger partial charge in [0, 0.05) is 25.1 Å². The predicted octanol–water partition coefficient (Wildman–Crippen LogP) is -0.0669. The summed E-state index contributed by atoms with van der Waals surface area (Å²) >= 11 is 0. The minimum absolute atomic E-state index is 0.178. The third-order valence-corrected chi connectivity index (χ3v) is 4.70. The van der Waals surface area contributed by atoms with E-state index >= 15 is 0 Å². The second kappa shape index (κ2) is 4.05. The first-order chi connectivity index (χ1) is 9.63. The molecule has 7 nitrogen and oxygen atoms in total. The number of fused-ring (bicyclic) bond motifs is 2. The lowest BCUT2D eigenvalue weighted by molar-refractivity contribution is 0.133. The third-order valence-electron chi connectivity index (χ3n) is 4.70. The first kappa shape index (κ1) is 11.9. The zero-order valence-corrected chi connectivity index (χ0v) is 11.3. The Kier molecular flexibility index (Phi) is 2.41. The first-order valence-corrected chi connectivity index (χ1v) is 7.01. The largest absolute Gasteiger partial charge is 0.393 e. The molecule has 0 amide bonds. The Labute approximate surface area is 115 Å². The molecule has 7 heteroatoms. The van der Waals surface area contributed by atoms with Crippen LogP contribution in [0.25, 0.3) is 5.65 Å². The Morgan fingerprint density at radius 3 is 3.05 bits per heavy atom. The number of aromatic nitrogens is 4. The van der Waals surface area contributed by atoms with Gasteiger partial charge in [0.2, 0.25) is 0 Å². The number of H-pyrrole nitrogens is 1. The van der Waals surface area contributed by atoms with Crippen molar-refractivity contribution in [2.45, 2.75) is 25.9 Å². The number of rotatable bonds is 1. The van der Waals surface area contributed by atoms with Gasteiger partial charge in [-0.3, -0.25) is 0 Å². The summed E-state index contributed by atoms with van der Waals surface area (Å²) in [7, 11) is 0. The fraction of sp³-hybridized carbons (Fsp3) is 0.615. The van der Waals surface area contributed by atoms with Crippen LogP contribution in [0.1, 0.15) is 18.7 Å². The van der Waals surface area contributed by atoms with Crippen molar-refractivity contribution in [2.75, 3.05) is 18.0 Å². The molecule has 3 atom stereocenters. The smallest absolute Gasteiger partial charge is 0.349 e. The summed E-state index contributed by atoms with van der Waals surface area (Å²) in [6.45, 7) is 3.57. The summed E-state index contributed by atoms with van der Waals surface area (Å²) in [5.41, 5.74) is 0.334. The number of nitrogens with zero attached hydrogens (tertiary/aromatic N) is 4. The molecule has 20 heavy (non-hydrogen) atoms. The molecule has 106 valence electrons. The summed E-state index contributed by atoms with van der Waals surface area (Å²) in [4.78, 5) is 18.3. The molecule has 2 aliphatic rings. The summed E-state index contributed by atoms with van der Waals surface area (Å²) < 4.78 is 1.47. The molecule has 1 saturated heterocycles. The van der Waals surface area contributed by atoms with Crippen LogP contribution < -0.4 is 10.6 Å². The summed E-state index contributed by atoms with van der Waals surface area (Å²) in [5.74, 6) is 2.39. The number of anilines is 1. The Hall–Kier alpha value is -1.89. The number of aliphatic hydroxyl groups excluding tert-OH is 1. The van der Waals surface area contributed by atoms with Gasteiger partial charge in [-0.25, -0.2) is 19.3 Å². The fourth-order valence-electron chi connectivity index (χ4n) is 3.67. The minimum Gasteiger partial charge on any atom is -0.393 e. The van der Waals surface area contributed by atoms with Gasteiger partial charge in [0.25, 0.3) is 0 Å². The van der Waals surface area contributed by atoms with Crippen molar-refractivity contribution >= 4 is 11.5 Å². The van der Waals surface area contributed by atoms with E-state index in [0.717, 1.165) is 31.7 Å². The van der Waals surface area contributed by atoms with Crippen LogP contribution in [0.2, 0.25) is 0 Å². The highest BCUT2D eigenvalue weighted by atomic mass is 16.3. The van der Waals surface area contributed by atoms with E-state index in [9.17, 15) is 9.90 Å². The third kappa shape index (κ3) is 1.59. The van der Waals surface area contributed by atoms with E-state index in [0.29, 0.717) is 23.3 Å². The van der Waals surface area contributed by atoms with Crippen molar-refractivity contribution < 1.29 is 5.11 Å². The van der Waals surface area contributed by atoms with Crippen LogP contribution in [0.3, 0.4) is 0 Å². The molecule has 3 unspecified atom stereocenters. The lowest BCUT2D eigenvalue weighted by Gasteiger charge is -2.19. The van der Waals surface area contributed by atoms with E-state index in [4.69, 9.17) is 0 Å². The van der Waals surface area contributed by atoms with Gasteiger partial charge >= 0.3 is 5.69 Å². The van der Waals surface area contributed by atoms with Crippen LogP contribution in [0.4, 0.5) is 5.82 Å². The predicted molar refractivity (Wildman–Crippen MR) is 72.8 cm³/mol. The van der Waals surface area contributed by atoms with E-state index in [1.807, 2.05) is 6.07 Å². The average Bonchev–Trinajstić information content (AvgIpc) is 3.07. The summed E-state index contributed by atoms with van der Waals surface area (Å²) in [5, 5.41) is 16.4. The molecule has 2 aromatic heterocycles. The van der Waals surface area contributed by atoms with E-state index < -0.39 is 0 Å². The quantitative estimate of drug-likeness (QED) is 0.761. The Morgan fingerprint density at radius 2 is 2.25 bits per heavy atom. The van der Waals surface area contributed by atoms with Crippen LogP contribution in [0.5, 0.6) is 0 Å². The molecule has 1 saturated carbocycles. The fourth-order valence-corrected chi connectivity index (χ4v) is 3.67. The maximum atomic E-state index is 11.6. The molecule has 0 bridgehead atoms. The van der Waals surface area contributed by atoms with Crippen molar-refractivity contribution in [1.82, 2.24) is 19.6 Å². The van der Waals surface area contributed by atoms with E-state index in [-0.39, 0.29) is 11.8 Å². The molecule has 0 spiro atoms. The van der Waals surface area contributed by atoms with Gasteiger partial charge in [-0.1, -0.05) is 0 Å². The van der Waals surface area contributed by atoms with Crippen LogP contribution in [-0.4, -0.2) is 43.9 Å². The minimum atomic E-state index is -0.259. The van der Waals surface area contributed by atoms with Crippen molar-refractivity contribution in [3.8, 4) is 0 Å². The zero-order chi connectivity index (χ0) is 13.9. The molecule has 0 radical (unpaired) electrons. The number of aromatic amines is 1. The molecule has 1 aliphatic carbocycles. The van der Waals surface area contributed by atoms with Crippen molar-refractivity contribution in [1.29, 1.82) is 0 Å². The topological polar surface area (TPSA) is 86.5 Å². The SMILES string of the molecule is Cc1nc(N2CC3CCC(O)C3C2)cc2n[nH]c(=O)n12. The standard InChI is InChI=1S/C13H17N5O2/c1-7-14-11(4-12-15-16-13(20)18(7)12)17-5-8-2-3-10(19)9(8)6-17/h4,8-10,19H,2-3,5-6H2,1H3,(H,16,20). The second-order valence-electron chi connectivity index (χ2n) is 5.86. The molecule has 2 aromatic rings. The summed E-state index contributed by atoms with van der Waals surface area (Å²) in [6, 6.07) is 1.83. The van der Waals surface area contributed by atoms with Crippen molar-refractivity contribution in [3.05, 3.63) is 22.4 Å². The van der Waals surface area contributed by atoms with Crippen LogP contribution in [-0.2, 0) is 0 Å². The maximum Gasteiger partial charge on any atom is 0.349 e. The molecular weight excluding hydrogens is 258 g/mol. The van der Waals surface area contributed by atoms with Gasteiger partial charge in [0.1, 0.15) is 11.6 Å². The highest BCUT2D eigenvalue weighted by Crippen LogP contribution is 2.39. The van der Waals surface area contributed by atoms with Crippen molar-refractivity contribution in [2.24, 2.45) is 11.8 Å². The first-order valence-electron chi connectivity index (χ1n) is 7.01. The van der Waals surface area contributed by atoms with Crippen LogP contribution >= 0.6 is 0 Å². The zero-order valence-electron chi connectivity index (χ0n) is 11.3.